The number of nitrogens with one attached hydrogen (secondary N) is 2. The van der Waals surface area contributed by atoms with Gasteiger partial charge in [-0.1, -0.05) is 0 Å². The summed E-state index contributed by atoms with van der Waals surface area (Å²) in [6.45, 7) is 0.707. The van der Waals surface area contributed by atoms with Gasteiger partial charge < -0.3 is 15.7 Å². The van der Waals surface area contributed by atoms with Crippen LogP contribution in [0.5, 0.6) is 0 Å². The third-order valence-corrected chi connectivity index (χ3v) is 2.79. The molecule has 2 amide bonds. The van der Waals surface area contributed by atoms with Crippen LogP contribution in [0.15, 0.2) is 5.38 Å². The van der Waals surface area contributed by atoms with Gasteiger partial charge in [-0.3, -0.25) is 9.59 Å². The predicted molar refractivity (Wildman–Crippen MR) is 60.6 cm³/mol. The second-order valence-corrected chi connectivity index (χ2v) is 4.35. The number of aliphatic hydroxyl groups is 1. The van der Waals surface area contributed by atoms with Crippen molar-refractivity contribution in [1.82, 2.24) is 10.3 Å². The van der Waals surface area contributed by atoms with E-state index in [9.17, 15) is 22.8 Å². The summed E-state index contributed by atoms with van der Waals surface area (Å²) in [7, 11) is 0. The van der Waals surface area contributed by atoms with Crippen molar-refractivity contribution in [2.24, 2.45) is 0 Å². The summed E-state index contributed by atoms with van der Waals surface area (Å²) in [5.41, 5.74) is 0.625. The lowest BCUT2D eigenvalue weighted by Gasteiger charge is -2.16. The minimum Gasteiger partial charge on any atom is -0.394 e. The van der Waals surface area contributed by atoms with E-state index in [-0.39, 0.29) is 5.13 Å². The fraction of sp³-hybridized carbons (Fsp3) is 0.444. The van der Waals surface area contributed by atoms with Crippen molar-refractivity contribution in [3.05, 3.63) is 11.1 Å². The molecule has 3 N–H and O–H groups in total. The molecule has 0 bridgehead atoms. The van der Waals surface area contributed by atoms with Gasteiger partial charge in [-0.2, -0.15) is 13.2 Å². The van der Waals surface area contributed by atoms with Crippen molar-refractivity contribution in [2.45, 2.75) is 19.1 Å². The first-order valence-corrected chi connectivity index (χ1v) is 5.83. The van der Waals surface area contributed by atoms with Gasteiger partial charge in [0.05, 0.1) is 12.3 Å². The van der Waals surface area contributed by atoms with E-state index in [1.807, 2.05) is 0 Å². The molecule has 1 aromatic heterocycles. The number of amides is 2. The van der Waals surface area contributed by atoms with Gasteiger partial charge in [-0.05, 0) is 6.92 Å². The summed E-state index contributed by atoms with van der Waals surface area (Å²) in [5, 5.41) is 14.2. The fourth-order valence-electron chi connectivity index (χ4n) is 1.04. The fourth-order valence-corrected chi connectivity index (χ4v) is 1.73. The lowest BCUT2D eigenvalue weighted by atomic mass is 10.3. The van der Waals surface area contributed by atoms with Crippen LogP contribution < -0.4 is 10.6 Å². The molecule has 0 spiro atoms. The highest BCUT2D eigenvalue weighted by atomic mass is 32.1. The van der Waals surface area contributed by atoms with Crippen molar-refractivity contribution in [2.75, 3.05) is 11.9 Å². The zero-order chi connectivity index (χ0) is 14.6. The molecule has 0 aromatic carbocycles. The number of anilines is 1. The molecule has 0 aliphatic heterocycles. The Morgan fingerprint density at radius 1 is 1.53 bits per heavy atom. The number of aliphatic hydroxyl groups excluding tert-OH is 1. The van der Waals surface area contributed by atoms with E-state index in [4.69, 9.17) is 5.11 Å². The molecule has 0 aliphatic carbocycles. The highest BCUT2D eigenvalue weighted by Gasteiger charge is 2.40. The van der Waals surface area contributed by atoms with E-state index in [1.165, 1.54) is 5.32 Å². The maximum Gasteiger partial charge on any atom is 0.471 e. The van der Waals surface area contributed by atoms with Crippen LogP contribution in [0.1, 0.15) is 5.69 Å². The van der Waals surface area contributed by atoms with Crippen LogP contribution in [0.4, 0.5) is 18.3 Å². The number of thiazole rings is 1. The smallest absolute Gasteiger partial charge is 0.394 e. The van der Waals surface area contributed by atoms with Crippen LogP contribution in [0.25, 0.3) is 0 Å². The number of halogens is 3. The normalized spacial score (nSPS) is 12.9. The van der Waals surface area contributed by atoms with E-state index in [1.54, 1.807) is 12.3 Å². The topological polar surface area (TPSA) is 91.3 Å². The summed E-state index contributed by atoms with van der Waals surface area (Å²) in [4.78, 5) is 26.0. The van der Waals surface area contributed by atoms with Crippen molar-refractivity contribution in [3.8, 4) is 0 Å². The second-order valence-electron chi connectivity index (χ2n) is 3.49. The Labute approximate surface area is 109 Å². The van der Waals surface area contributed by atoms with Crippen molar-refractivity contribution in [1.29, 1.82) is 0 Å². The van der Waals surface area contributed by atoms with Crippen LogP contribution in [0.3, 0.4) is 0 Å². The van der Waals surface area contributed by atoms with Crippen molar-refractivity contribution in [3.63, 3.8) is 0 Å². The predicted octanol–water partition coefficient (Wildman–Crippen LogP) is 0.429. The van der Waals surface area contributed by atoms with Crippen LogP contribution in [0, 0.1) is 6.92 Å². The molecule has 1 atom stereocenters. The quantitative estimate of drug-likeness (QED) is 0.751. The molecule has 0 fully saturated rings. The lowest BCUT2D eigenvalue weighted by Crippen LogP contribution is -2.50. The Morgan fingerprint density at radius 3 is 2.58 bits per heavy atom. The first-order chi connectivity index (χ1) is 8.74. The van der Waals surface area contributed by atoms with Crippen LogP contribution in [0.2, 0.25) is 0 Å². The standard InChI is InChI=1S/C9H10F3N3O3S/c1-4-3-19-8(13-4)15-6(17)5(2-16)14-7(18)9(10,11)12/h3,5,16H,2H2,1H3,(H,14,18)(H,13,15,17)/t5-/m1/s1. The van der Waals surface area contributed by atoms with Gasteiger partial charge in [-0.25, -0.2) is 4.98 Å². The summed E-state index contributed by atoms with van der Waals surface area (Å²) in [6.07, 6.45) is -5.12. The van der Waals surface area contributed by atoms with Gasteiger partial charge in [0.2, 0.25) is 0 Å². The van der Waals surface area contributed by atoms with Gasteiger partial charge >= 0.3 is 12.1 Å². The lowest BCUT2D eigenvalue weighted by molar-refractivity contribution is -0.174. The molecule has 106 valence electrons. The highest BCUT2D eigenvalue weighted by molar-refractivity contribution is 7.13. The number of aryl methyl sites for hydroxylation is 1. The number of rotatable bonds is 4. The van der Waals surface area contributed by atoms with Gasteiger partial charge in [0.15, 0.2) is 5.13 Å². The first-order valence-electron chi connectivity index (χ1n) is 4.95. The SMILES string of the molecule is Cc1csc(NC(=O)[C@@H](CO)NC(=O)C(F)(F)F)n1. The molecule has 0 radical (unpaired) electrons. The average Bonchev–Trinajstić information content (AvgIpc) is 2.69. The van der Waals surface area contributed by atoms with Gasteiger partial charge in [0, 0.05) is 5.38 Å². The van der Waals surface area contributed by atoms with Crippen molar-refractivity contribution < 1.29 is 27.9 Å². The van der Waals surface area contributed by atoms with Crippen LogP contribution in [-0.4, -0.2) is 40.7 Å². The molecule has 1 heterocycles. The van der Waals surface area contributed by atoms with E-state index in [0.29, 0.717) is 5.69 Å². The molecule has 1 rings (SSSR count). The molecule has 0 aliphatic rings. The maximum absolute atomic E-state index is 12.0. The number of alkyl halides is 3. The minimum atomic E-state index is -5.12. The Kier molecular flexibility index (Phi) is 4.84. The summed E-state index contributed by atoms with van der Waals surface area (Å²) >= 11 is 1.07. The Morgan fingerprint density at radius 2 is 2.16 bits per heavy atom. The van der Waals surface area contributed by atoms with Crippen LogP contribution >= 0.6 is 11.3 Å². The molecule has 0 unspecified atom stereocenters. The molecule has 0 saturated carbocycles. The maximum atomic E-state index is 12.0. The van der Waals surface area contributed by atoms with E-state index < -0.39 is 30.6 Å². The molecule has 19 heavy (non-hydrogen) atoms. The zero-order valence-corrected chi connectivity index (χ0v) is 10.4. The molecule has 1 aromatic rings. The zero-order valence-electron chi connectivity index (χ0n) is 9.61. The molecule has 6 nitrogen and oxygen atoms in total. The third kappa shape index (κ3) is 4.48. The Bertz CT molecular complexity index is 475. The molecule has 0 saturated heterocycles. The number of carbonyl (C=O) groups is 2. The molecular weight excluding hydrogens is 287 g/mol. The number of nitrogens with zero attached hydrogens (tertiary/aromatic N) is 1. The number of hydrogen-bond donors (Lipinski definition) is 3. The first kappa shape index (κ1) is 15.4. The van der Waals surface area contributed by atoms with Crippen molar-refractivity contribution >= 4 is 28.3 Å². The minimum absolute atomic E-state index is 0.169. The van der Waals surface area contributed by atoms with Gasteiger partial charge in [0.1, 0.15) is 6.04 Å². The highest BCUT2D eigenvalue weighted by Crippen LogP contribution is 2.16. The van der Waals surface area contributed by atoms with Gasteiger partial charge in [-0.15, -0.1) is 11.3 Å². The van der Waals surface area contributed by atoms with Gasteiger partial charge in [0.25, 0.3) is 5.91 Å². The summed E-state index contributed by atoms with van der Waals surface area (Å²) in [5.74, 6) is -3.27. The van der Waals surface area contributed by atoms with E-state index in [0.717, 1.165) is 11.3 Å². The van der Waals surface area contributed by atoms with Crippen LogP contribution in [-0.2, 0) is 9.59 Å². The molecular formula is C9H10F3N3O3S. The monoisotopic (exact) mass is 297 g/mol. The second kappa shape index (κ2) is 5.97. The molecule has 10 heteroatoms. The summed E-state index contributed by atoms with van der Waals surface area (Å²) < 4.78 is 36.0. The number of aromatic nitrogens is 1. The largest absolute Gasteiger partial charge is 0.471 e. The average molecular weight is 297 g/mol. The van der Waals surface area contributed by atoms with E-state index in [2.05, 4.69) is 10.3 Å². The Balaban J connectivity index is 2.64. The number of carbonyl (C=O) groups excluding carboxylic acids is 2. The third-order valence-electron chi connectivity index (χ3n) is 1.91. The Hall–Kier alpha value is -1.68. The summed E-state index contributed by atoms with van der Waals surface area (Å²) in [6, 6.07) is -1.70. The number of hydrogen-bond acceptors (Lipinski definition) is 5. The van der Waals surface area contributed by atoms with E-state index >= 15 is 0 Å².